The molecular weight excluding hydrogens is 298 g/mol. The molecule has 1 amide bonds. The molecular formula is C16H23N3O2S. The maximum absolute atomic E-state index is 13.2. The summed E-state index contributed by atoms with van der Waals surface area (Å²) in [7, 11) is 0. The molecule has 1 aliphatic carbocycles. The maximum Gasteiger partial charge on any atom is 0.245 e. The van der Waals surface area contributed by atoms with Crippen molar-refractivity contribution in [1.29, 1.82) is 0 Å². The second kappa shape index (κ2) is 6.16. The molecule has 0 bridgehead atoms. The normalized spacial score (nSPS) is 32.1. The number of hydrogen-bond acceptors (Lipinski definition) is 5. The lowest BCUT2D eigenvalue weighted by Crippen LogP contribution is -2.58. The number of aromatic nitrogens is 1. The molecule has 3 heterocycles. The standard InChI is InChI=1S/C16H23N3O2S/c20-15(13-5-3-8-19(13)16-17-7-11-22-16)18-9-10-21-14-6-2-1-4-12(14)18/h7,11-14H,1-6,8-10H2/t12-,13+,14+/m1/s1. The first-order valence-electron chi connectivity index (χ1n) is 8.43. The van der Waals surface area contributed by atoms with Crippen LogP contribution in [0, 0.1) is 0 Å². The van der Waals surface area contributed by atoms with Crippen LogP contribution in [0.1, 0.15) is 38.5 Å². The van der Waals surface area contributed by atoms with Crippen molar-refractivity contribution in [2.45, 2.75) is 56.7 Å². The molecule has 0 spiro atoms. The first-order valence-corrected chi connectivity index (χ1v) is 9.31. The Kier molecular flexibility index (Phi) is 4.05. The molecule has 3 aliphatic rings. The highest BCUT2D eigenvalue weighted by atomic mass is 32.1. The van der Waals surface area contributed by atoms with Crippen molar-refractivity contribution in [3.63, 3.8) is 0 Å². The van der Waals surface area contributed by atoms with E-state index in [-0.39, 0.29) is 12.1 Å². The number of fused-ring (bicyclic) bond motifs is 1. The van der Waals surface area contributed by atoms with Gasteiger partial charge >= 0.3 is 0 Å². The molecule has 2 aliphatic heterocycles. The molecule has 6 heteroatoms. The minimum atomic E-state index is -0.0215. The number of hydrogen-bond donors (Lipinski definition) is 0. The van der Waals surface area contributed by atoms with Crippen LogP contribution in [0.5, 0.6) is 0 Å². The molecule has 1 aromatic heterocycles. The Hall–Kier alpha value is -1.14. The van der Waals surface area contributed by atoms with Crippen molar-refractivity contribution >= 4 is 22.4 Å². The topological polar surface area (TPSA) is 45.7 Å². The highest BCUT2D eigenvalue weighted by molar-refractivity contribution is 7.13. The molecule has 3 atom stereocenters. The molecule has 5 nitrogen and oxygen atoms in total. The largest absolute Gasteiger partial charge is 0.374 e. The number of morpholine rings is 1. The third-order valence-electron chi connectivity index (χ3n) is 5.22. The van der Waals surface area contributed by atoms with Crippen molar-refractivity contribution in [1.82, 2.24) is 9.88 Å². The average Bonchev–Trinajstić information content (AvgIpc) is 3.24. The molecule has 4 rings (SSSR count). The monoisotopic (exact) mass is 321 g/mol. The predicted molar refractivity (Wildman–Crippen MR) is 86.2 cm³/mol. The third-order valence-corrected chi connectivity index (χ3v) is 6.03. The predicted octanol–water partition coefficient (Wildman–Crippen LogP) is 2.28. The lowest BCUT2D eigenvalue weighted by molar-refractivity contribution is -0.150. The van der Waals surface area contributed by atoms with Gasteiger partial charge < -0.3 is 14.5 Å². The van der Waals surface area contributed by atoms with Crippen LogP contribution in [0.15, 0.2) is 11.6 Å². The van der Waals surface area contributed by atoms with E-state index in [1.54, 1.807) is 11.3 Å². The minimum Gasteiger partial charge on any atom is -0.374 e. The number of nitrogens with zero attached hydrogens (tertiary/aromatic N) is 3. The van der Waals surface area contributed by atoms with Crippen LogP contribution in [0.2, 0.25) is 0 Å². The fourth-order valence-electron chi connectivity index (χ4n) is 4.17. The zero-order valence-electron chi connectivity index (χ0n) is 12.8. The third kappa shape index (κ3) is 2.52. The smallest absolute Gasteiger partial charge is 0.245 e. The van der Waals surface area contributed by atoms with Crippen molar-refractivity contribution in [3.05, 3.63) is 11.6 Å². The number of anilines is 1. The van der Waals surface area contributed by atoms with Crippen LogP contribution in [-0.4, -0.2) is 53.7 Å². The second-order valence-corrected chi connectivity index (χ2v) is 7.33. The molecule has 0 N–H and O–H groups in total. The zero-order valence-corrected chi connectivity index (χ0v) is 13.6. The van der Waals surface area contributed by atoms with Crippen molar-refractivity contribution < 1.29 is 9.53 Å². The summed E-state index contributed by atoms with van der Waals surface area (Å²) in [6.07, 6.45) is 8.77. The van der Waals surface area contributed by atoms with Crippen LogP contribution in [0.25, 0.3) is 0 Å². The Morgan fingerprint density at radius 3 is 3.00 bits per heavy atom. The van der Waals surface area contributed by atoms with E-state index in [4.69, 9.17) is 4.74 Å². The van der Waals surface area contributed by atoms with Gasteiger partial charge in [0.25, 0.3) is 0 Å². The summed E-state index contributed by atoms with van der Waals surface area (Å²) in [5.41, 5.74) is 0. The van der Waals surface area contributed by atoms with Gasteiger partial charge in [-0.25, -0.2) is 4.98 Å². The van der Waals surface area contributed by atoms with Crippen LogP contribution in [0.3, 0.4) is 0 Å². The van der Waals surface area contributed by atoms with E-state index in [1.807, 2.05) is 11.6 Å². The van der Waals surface area contributed by atoms with E-state index < -0.39 is 0 Å². The number of carbonyl (C=O) groups excluding carboxylic acids is 1. The highest BCUT2D eigenvalue weighted by Crippen LogP contribution is 2.32. The van der Waals surface area contributed by atoms with Gasteiger partial charge in [-0.1, -0.05) is 12.8 Å². The van der Waals surface area contributed by atoms with Gasteiger partial charge in [0.05, 0.1) is 18.8 Å². The van der Waals surface area contributed by atoms with Gasteiger partial charge in [-0.2, -0.15) is 0 Å². The summed E-state index contributed by atoms with van der Waals surface area (Å²) in [6, 6.07) is 0.278. The van der Waals surface area contributed by atoms with Crippen molar-refractivity contribution in [2.75, 3.05) is 24.6 Å². The van der Waals surface area contributed by atoms with E-state index in [0.717, 1.165) is 43.9 Å². The first-order chi connectivity index (χ1) is 10.8. The van der Waals surface area contributed by atoms with E-state index >= 15 is 0 Å². The highest BCUT2D eigenvalue weighted by Gasteiger charge is 2.42. The summed E-state index contributed by atoms with van der Waals surface area (Å²) < 4.78 is 5.91. The second-order valence-electron chi connectivity index (χ2n) is 6.46. The number of amides is 1. The van der Waals surface area contributed by atoms with Gasteiger partial charge in [0.15, 0.2) is 5.13 Å². The van der Waals surface area contributed by atoms with Gasteiger partial charge in [-0.15, -0.1) is 11.3 Å². The summed E-state index contributed by atoms with van der Waals surface area (Å²) in [5.74, 6) is 0.299. The van der Waals surface area contributed by atoms with Crippen LogP contribution >= 0.6 is 11.3 Å². The van der Waals surface area contributed by atoms with Gasteiger partial charge in [-0.05, 0) is 25.7 Å². The fourth-order valence-corrected chi connectivity index (χ4v) is 4.89. The Morgan fingerprint density at radius 2 is 2.14 bits per heavy atom. The van der Waals surface area contributed by atoms with Gasteiger partial charge in [0.2, 0.25) is 5.91 Å². The Labute approximate surface area is 135 Å². The molecule has 1 aromatic rings. The number of thiazole rings is 1. The van der Waals surface area contributed by atoms with Crippen molar-refractivity contribution in [3.8, 4) is 0 Å². The van der Waals surface area contributed by atoms with E-state index in [0.29, 0.717) is 18.6 Å². The summed E-state index contributed by atoms with van der Waals surface area (Å²) in [5, 5.41) is 2.98. The molecule has 1 saturated carbocycles. The maximum atomic E-state index is 13.2. The quantitative estimate of drug-likeness (QED) is 0.838. The van der Waals surface area contributed by atoms with Crippen LogP contribution < -0.4 is 4.90 Å². The molecule has 0 radical (unpaired) electrons. The molecule has 3 fully saturated rings. The lowest BCUT2D eigenvalue weighted by atomic mass is 9.89. The molecule has 2 saturated heterocycles. The van der Waals surface area contributed by atoms with Gasteiger partial charge in [0, 0.05) is 24.7 Å². The molecule has 120 valence electrons. The Balaban J connectivity index is 1.52. The molecule has 22 heavy (non-hydrogen) atoms. The molecule has 0 unspecified atom stereocenters. The first kappa shape index (κ1) is 14.5. The Bertz CT molecular complexity index is 519. The minimum absolute atomic E-state index is 0.0215. The van der Waals surface area contributed by atoms with Crippen molar-refractivity contribution in [2.24, 2.45) is 0 Å². The summed E-state index contributed by atoms with van der Waals surface area (Å²) in [6.45, 7) is 2.39. The van der Waals surface area contributed by atoms with E-state index in [1.165, 1.54) is 12.8 Å². The number of rotatable bonds is 2. The van der Waals surface area contributed by atoms with Crippen LogP contribution in [0.4, 0.5) is 5.13 Å². The van der Waals surface area contributed by atoms with E-state index in [2.05, 4.69) is 14.8 Å². The van der Waals surface area contributed by atoms with Gasteiger partial charge in [-0.3, -0.25) is 4.79 Å². The number of ether oxygens (including phenoxy) is 1. The summed E-state index contributed by atoms with van der Waals surface area (Å²) >= 11 is 1.63. The zero-order chi connectivity index (χ0) is 14.9. The van der Waals surface area contributed by atoms with E-state index in [9.17, 15) is 4.79 Å². The SMILES string of the molecule is O=C([C@@H]1CCCN1c1nccs1)N1CCO[C@H]2CCCC[C@H]21. The van der Waals surface area contributed by atoms with Crippen LogP contribution in [-0.2, 0) is 9.53 Å². The average molecular weight is 321 g/mol. The number of carbonyl (C=O) groups is 1. The Morgan fingerprint density at radius 1 is 1.23 bits per heavy atom. The van der Waals surface area contributed by atoms with Gasteiger partial charge in [0.1, 0.15) is 6.04 Å². The summed E-state index contributed by atoms with van der Waals surface area (Å²) in [4.78, 5) is 21.9. The lowest BCUT2D eigenvalue weighted by Gasteiger charge is -2.45. The molecule has 0 aromatic carbocycles. The fraction of sp³-hybridized carbons (Fsp3) is 0.750.